The molecule has 0 aliphatic rings. The number of ether oxygens (including phenoxy) is 3. The zero-order chi connectivity index (χ0) is 18.1. The van der Waals surface area contributed by atoms with Crippen molar-refractivity contribution in [1.29, 1.82) is 0 Å². The Labute approximate surface area is 145 Å². The quantitative estimate of drug-likeness (QED) is 0.667. The SMILES string of the molecule is CCOC[C@H](O)CNC(=O)c1cc(COc2cccc(OC)c2)on1. The summed E-state index contributed by atoms with van der Waals surface area (Å²) >= 11 is 0. The van der Waals surface area contributed by atoms with Crippen LogP contribution in [0.3, 0.4) is 0 Å². The molecule has 25 heavy (non-hydrogen) atoms. The standard InChI is InChI=1S/C17H22N2O6/c1-3-23-10-12(20)9-18-17(21)16-8-15(25-19-16)11-24-14-6-4-5-13(7-14)22-2/h4-8,12,20H,3,9-11H2,1-2H3,(H,18,21)/t12-/m1/s1. The van der Waals surface area contributed by atoms with E-state index in [0.717, 1.165) is 0 Å². The van der Waals surface area contributed by atoms with E-state index in [9.17, 15) is 9.90 Å². The van der Waals surface area contributed by atoms with Crippen LogP contribution in [-0.2, 0) is 11.3 Å². The maximum Gasteiger partial charge on any atom is 0.273 e. The number of aliphatic hydroxyl groups excluding tert-OH is 1. The Balaban J connectivity index is 1.81. The second kappa shape index (κ2) is 9.65. The van der Waals surface area contributed by atoms with Gasteiger partial charge in [0, 0.05) is 25.3 Å². The van der Waals surface area contributed by atoms with Crippen molar-refractivity contribution in [2.24, 2.45) is 0 Å². The molecule has 0 unspecified atom stereocenters. The molecule has 0 bridgehead atoms. The van der Waals surface area contributed by atoms with Crippen molar-refractivity contribution in [3.8, 4) is 11.5 Å². The van der Waals surface area contributed by atoms with Gasteiger partial charge >= 0.3 is 0 Å². The molecule has 1 amide bonds. The van der Waals surface area contributed by atoms with Gasteiger partial charge in [-0.15, -0.1) is 0 Å². The van der Waals surface area contributed by atoms with Crippen LogP contribution < -0.4 is 14.8 Å². The zero-order valence-electron chi connectivity index (χ0n) is 14.2. The maximum absolute atomic E-state index is 12.0. The third kappa shape index (κ3) is 6.09. The van der Waals surface area contributed by atoms with Gasteiger partial charge in [-0.2, -0.15) is 0 Å². The Bertz CT molecular complexity index is 673. The van der Waals surface area contributed by atoms with Crippen molar-refractivity contribution in [2.75, 3.05) is 26.9 Å². The third-order valence-corrected chi connectivity index (χ3v) is 3.23. The van der Waals surface area contributed by atoms with E-state index in [1.807, 2.05) is 13.0 Å². The molecule has 0 saturated carbocycles. The molecule has 1 aromatic carbocycles. The molecule has 2 rings (SSSR count). The first-order valence-electron chi connectivity index (χ1n) is 7.88. The minimum atomic E-state index is -0.772. The Kier molecular flexibility index (Phi) is 7.24. The fourth-order valence-corrected chi connectivity index (χ4v) is 1.95. The van der Waals surface area contributed by atoms with Crippen molar-refractivity contribution >= 4 is 5.91 Å². The van der Waals surface area contributed by atoms with E-state index in [2.05, 4.69) is 10.5 Å². The molecule has 2 aromatic rings. The lowest BCUT2D eigenvalue weighted by Crippen LogP contribution is -2.34. The summed E-state index contributed by atoms with van der Waals surface area (Å²) in [7, 11) is 1.58. The summed E-state index contributed by atoms with van der Waals surface area (Å²) in [6, 6.07) is 8.63. The van der Waals surface area contributed by atoms with Gasteiger partial charge < -0.3 is 29.2 Å². The molecule has 0 fully saturated rings. The van der Waals surface area contributed by atoms with Gasteiger partial charge in [-0.25, -0.2) is 0 Å². The van der Waals surface area contributed by atoms with Gasteiger partial charge in [0.1, 0.15) is 18.1 Å². The van der Waals surface area contributed by atoms with Crippen LogP contribution in [0.15, 0.2) is 34.9 Å². The first-order valence-corrected chi connectivity index (χ1v) is 7.88. The monoisotopic (exact) mass is 350 g/mol. The lowest BCUT2D eigenvalue weighted by Gasteiger charge is -2.10. The van der Waals surface area contributed by atoms with Crippen LogP contribution in [0.5, 0.6) is 11.5 Å². The first kappa shape index (κ1) is 18.8. The van der Waals surface area contributed by atoms with E-state index < -0.39 is 12.0 Å². The number of methoxy groups -OCH3 is 1. The van der Waals surface area contributed by atoms with Crippen LogP contribution in [-0.4, -0.2) is 49.1 Å². The normalized spacial score (nSPS) is 11.8. The lowest BCUT2D eigenvalue weighted by molar-refractivity contribution is 0.0417. The molecule has 0 spiro atoms. The number of aromatic nitrogens is 1. The summed E-state index contributed by atoms with van der Waals surface area (Å²) < 4.78 is 20.8. The van der Waals surface area contributed by atoms with E-state index in [1.165, 1.54) is 6.07 Å². The molecule has 136 valence electrons. The van der Waals surface area contributed by atoms with E-state index >= 15 is 0 Å². The van der Waals surface area contributed by atoms with Gasteiger partial charge in [0.25, 0.3) is 5.91 Å². The maximum atomic E-state index is 12.0. The summed E-state index contributed by atoms with van der Waals surface area (Å²) in [5.74, 6) is 1.26. The fraction of sp³-hybridized carbons (Fsp3) is 0.412. The van der Waals surface area contributed by atoms with Crippen LogP contribution in [0.4, 0.5) is 0 Å². The Hall–Kier alpha value is -2.58. The summed E-state index contributed by atoms with van der Waals surface area (Å²) in [4.78, 5) is 12.0. The smallest absolute Gasteiger partial charge is 0.273 e. The largest absolute Gasteiger partial charge is 0.497 e. The van der Waals surface area contributed by atoms with Crippen molar-refractivity contribution in [2.45, 2.75) is 19.6 Å². The molecule has 0 radical (unpaired) electrons. The van der Waals surface area contributed by atoms with Gasteiger partial charge in [0.2, 0.25) is 0 Å². The van der Waals surface area contributed by atoms with Gasteiger partial charge in [0.05, 0.1) is 19.8 Å². The van der Waals surface area contributed by atoms with Crippen LogP contribution in [0.25, 0.3) is 0 Å². The lowest BCUT2D eigenvalue weighted by atomic mass is 10.3. The number of nitrogens with one attached hydrogen (secondary N) is 1. The number of hydrogen-bond acceptors (Lipinski definition) is 7. The highest BCUT2D eigenvalue weighted by atomic mass is 16.5. The molecular formula is C17H22N2O6. The molecule has 8 nitrogen and oxygen atoms in total. The number of benzene rings is 1. The van der Waals surface area contributed by atoms with Gasteiger partial charge in [-0.05, 0) is 19.1 Å². The second-order valence-corrected chi connectivity index (χ2v) is 5.17. The van der Waals surface area contributed by atoms with Crippen molar-refractivity contribution in [3.05, 3.63) is 41.8 Å². The fourth-order valence-electron chi connectivity index (χ4n) is 1.95. The number of aliphatic hydroxyl groups is 1. The van der Waals surface area contributed by atoms with E-state index in [-0.39, 0.29) is 25.5 Å². The Morgan fingerprint density at radius 3 is 2.92 bits per heavy atom. The third-order valence-electron chi connectivity index (χ3n) is 3.23. The van der Waals surface area contributed by atoms with Crippen LogP contribution in [0, 0.1) is 0 Å². The van der Waals surface area contributed by atoms with E-state index in [1.54, 1.807) is 25.3 Å². The molecule has 0 saturated heterocycles. The highest BCUT2D eigenvalue weighted by molar-refractivity contribution is 5.92. The molecule has 1 aromatic heterocycles. The number of amides is 1. The van der Waals surface area contributed by atoms with Gasteiger partial charge in [0.15, 0.2) is 11.5 Å². The Morgan fingerprint density at radius 2 is 2.16 bits per heavy atom. The molecule has 8 heteroatoms. The summed E-state index contributed by atoms with van der Waals surface area (Å²) in [6.07, 6.45) is -0.772. The average Bonchev–Trinajstić information content (AvgIpc) is 3.12. The number of hydrogen-bond donors (Lipinski definition) is 2. The average molecular weight is 350 g/mol. The minimum absolute atomic E-state index is 0.0708. The summed E-state index contributed by atoms with van der Waals surface area (Å²) in [5.41, 5.74) is 0.118. The topological polar surface area (TPSA) is 103 Å². The minimum Gasteiger partial charge on any atom is -0.497 e. The van der Waals surface area contributed by atoms with Crippen molar-refractivity contribution < 1.29 is 28.6 Å². The zero-order valence-corrected chi connectivity index (χ0v) is 14.2. The molecule has 1 atom stereocenters. The van der Waals surface area contributed by atoms with Crippen molar-refractivity contribution in [3.63, 3.8) is 0 Å². The van der Waals surface area contributed by atoms with Gasteiger partial charge in [-0.1, -0.05) is 11.2 Å². The van der Waals surface area contributed by atoms with Crippen molar-refractivity contribution in [1.82, 2.24) is 10.5 Å². The number of carbonyl (C=O) groups is 1. The molecule has 0 aliphatic carbocycles. The predicted molar refractivity (Wildman–Crippen MR) is 88.7 cm³/mol. The highest BCUT2D eigenvalue weighted by Gasteiger charge is 2.14. The summed E-state index contributed by atoms with van der Waals surface area (Å²) in [6.45, 7) is 2.69. The van der Waals surface area contributed by atoms with E-state index in [4.69, 9.17) is 18.7 Å². The molecule has 1 heterocycles. The molecule has 2 N–H and O–H groups in total. The molecule has 0 aliphatic heterocycles. The van der Waals surface area contributed by atoms with Crippen LogP contribution in [0.1, 0.15) is 23.2 Å². The number of rotatable bonds is 10. The second-order valence-electron chi connectivity index (χ2n) is 5.17. The highest BCUT2D eigenvalue weighted by Crippen LogP contribution is 2.20. The number of carbonyl (C=O) groups excluding carboxylic acids is 1. The Morgan fingerprint density at radius 1 is 1.36 bits per heavy atom. The summed E-state index contributed by atoms with van der Waals surface area (Å²) in [5, 5.41) is 15.9. The van der Waals surface area contributed by atoms with Crippen LogP contribution >= 0.6 is 0 Å². The first-order chi connectivity index (χ1) is 12.1. The number of nitrogens with zero attached hydrogens (tertiary/aromatic N) is 1. The van der Waals surface area contributed by atoms with Gasteiger partial charge in [-0.3, -0.25) is 4.79 Å². The predicted octanol–water partition coefficient (Wildman–Crippen LogP) is 1.39. The molecular weight excluding hydrogens is 328 g/mol. The van der Waals surface area contributed by atoms with Crippen LogP contribution in [0.2, 0.25) is 0 Å². The van der Waals surface area contributed by atoms with E-state index in [0.29, 0.717) is 23.9 Å².